The second-order valence-electron chi connectivity index (χ2n) is 9.48. The van der Waals surface area contributed by atoms with Gasteiger partial charge in [0.1, 0.15) is 4.90 Å². The molecule has 3 N–H and O–H groups in total. The zero-order valence-electron chi connectivity index (χ0n) is 18.1. The van der Waals surface area contributed by atoms with Gasteiger partial charge < -0.3 is 10.1 Å². The van der Waals surface area contributed by atoms with Crippen molar-refractivity contribution in [1.29, 1.82) is 0 Å². The summed E-state index contributed by atoms with van der Waals surface area (Å²) in [5.41, 5.74) is 4.99. The molecular formula is C21H28N6O3S. The third kappa shape index (κ3) is 3.41. The van der Waals surface area contributed by atoms with Gasteiger partial charge in [0.05, 0.1) is 30.7 Å². The Balaban J connectivity index is 1.49. The number of rotatable bonds is 2. The highest BCUT2D eigenvalue weighted by Crippen LogP contribution is 2.44. The molecule has 0 fully saturated rings. The molecule has 1 aliphatic heterocycles. The fourth-order valence-electron chi connectivity index (χ4n) is 4.84. The van der Waals surface area contributed by atoms with E-state index in [0.29, 0.717) is 19.0 Å². The fraction of sp³-hybridized carbons (Fsp3) is 0.571. The number of amides is 2. The first-order valence-electron chi connectivity index (χ1n) is 10.8. The topological polar surface area (TPSA) is 124 Å². The van der Waals surface area contributed by atoms with E-state index < -0.39 is 15.9 Å². The van der Waals surface area contributed by atoms with E-state index >= 15 is 0 Å². The molecule has 10 heteroatoms. The Labute approximate surface area is 182 Å². The van der Waals surface area contributed by atoms with E-state index in [9.17, 15) is 9.00 Å². The van der Waals surface area contributed by atoms with E-state index in [-0.39, 0.29) is 16.2 Å². The van der Waals surface area contributed by atoms with Crippen molar-refractivity contribution in [1.82, 2.24) is 14.8 Å². The van der Waals surface area contributed by atoms with Crippen LogP contribution < -0.4 is 15.2 Å². The minimum atomic E-state index is -3.51. The minimum Gasteiger partial charge on any atom is -0.477 e. The molecule has 3 aliphatic rings. The molecule has 9 nitrogen and oxygen atoms in total. The van der Waals surface area contributed by atoms with Gasteiger partial charge >= 0.3 is 6.03 Å². The molecule has 0 aromatic carbocycles. The number of nitrogens with one attached hydrogen (secondary N) is 1. The molecule has 0 radical (unpaired) electrons. The number of nitrogens with two attached hydrogens (primary N) is 1. The maximum atomic E-state index is 13.2. The summed E-state index contributed by atoms with van der Waals surface area (Å²) < 4.78 is 24.3. The Kier molecular flexibility index (Phi) is 4.63. The highest BCUT2D eigenvalue weighted by Gasteiger charge is 2.36. The second-order valence-corrected chi connectivity index (χ2v) is 11.2. The Hall–Kier alpha value is -2.46. The average molecular weight is 445 g/mol. The normalized spacial score (nSPS) is 22.6. The van der Waals surface area contributed by atoms with Crippen molar-refractivity contribution in [2.24, 2.45) is 15.4 Å². The first kappa shape index (κ1) is 20.4. The smallest absolute Gasteiger partial charge is 0.354 e. The van der Waals surface area contributed by atoms with Gasteiger partial charge in [-0.15, -0.1) is 4.36 Å². The van der Waals surface area contributed by atoms with Gasteiger partial charge in [-0.2, -0.15) is 5.10 Å². The van der Waals surface area contributed by atoms with Crippen LogP contribution in [-0.2, 0) is 41.1 Å². The van der Waals surface area contributed by atoms with E-state index in [1.54, 1.807) is 4.68 Å². The number of ether oxygens (including phenoxy) is 1. The number of urea groups is 1. The first-order chi connectivity index (χ1) is 14.7. The quantitative estimate of drug-likeness (QED) is 0.737. The number of anilines is 1. The molecular weight excluding hydrogens is 416 g/mol. The number of aryl methyl sites for hydroxylation is 1. The van der Waals surface area contributed by atoms with Gasteiger partial charge in [0.2, 0.25) is 5.88 Å². The molecule has 3 heterocycles. The summed E-state index contributed by atoms with van der Waals surface area (Å²) in [6.07, 6.45) is 6.00. The number of carbonyl (C=O) groups excluding carboxylic acids is 1. The van der Waals surface area contributed by atoms with Crippen molar-refractivity contribution in [3.05, 3.63) is 28.7 Å². The number of carbonyl (C=O) groups is 1. The lowest BCUT2D eigenvalue weighted by molar-refractivity contribution is 0.171. The van der Waals surface area contributed by atoms with E-state index in [2.05, 4.69) is 28.6 Å². The summed E-state index contributed by atoms with van der Waals surface area (Å²) in [6, 6.07) is -0.719. The monoisotopic (exact) mass is 444 g/mol. The van der Waals surface area contributed by atoms with Gasteiger partial charge in [-0.25, -0.2) is 18.8 Å². The van der Waals surface area contributed by atoms with Crippen LogP contribution in [0, 0.1) is 5.92 Å². The van der Waals surface area contributed by atoms with Crippen molar-refractivity contribution in [3.63, 3.8) is 0 Å². The third-order valence-electron chi connectivity index (χ3n) is 6.48. The Morgan fingerprint density at radius 2 is 2.16 bits per heavy atom. The number of aromatic nitrogens is 3. The first-order valence-corrected chi connectivity index (χ1v) is 12.3. The lowest BCUT2D eigenvalue weighted by atomic mass is 9.90. The number of pyridine rings is 1. The molecule has 0 saturated heterocycles. The molecule has 2 amide bonds. The molecule has 2 atom stereocenters. The highest BCUT2D eigenvalue weighted by molar-refractivity contribution is 7.91. The summed E-state index contributed by atoms with van der Waals surface area (Å²) in [7, 11) is -3.51. The zero-order valence-corrected chi connectivity index (χ0v) is 18.9. The van der Waals surface area contributed by atoms with Gasteiger partial charge in [-0.1, -0.05) is 20.8 Å². The Morgan fingerprint density at radius 3 is 2.97 bits per heavy atom. The SMILES string of the molecule is CC1COc2c(S(N)(=O)=NC(=O)Nc3c4c(nc5c3CCC5(C)C)CCC4)cnn2C1. The predicted octanol–water partition coefficient (Wildman–Crippen LogP) is 2.95. The van der Waals surface area contributed by atoms with E-state index in [4.69, 9.17) is 14.9 Å². The number of nitrogens with zero attached hydrogens (tertiary/aromatic N) is 4. The van der Waals surface area contributed by atoms with Crippen LogP contribution in [0.1, 0.15) is 56.1 Å². The zero-order chi connectivity index (χ0) is 22.0. The van der Waals surface area contributed by atoms with E-state index in [0.717, 1.165) is 60.3 Å². The average Bonchev–Trinajstić information content (AvgIpc) is 3.38. The van der Waals surface area contributed by atoms with Crippen molar-refractivity contribution < 1.29 is 13.7 Å². The van der Waals surface area contributed by atoms with Crippen molar-refractivity contribution in [3.8, 4) is 5.88 Å². The maximum absolute atomic E-state index is 13.2. The molecule has 0 spiro atoms. The van der Waals surface area contributed by atoms with Crippen LogP contribution in [-0.4, -0.2) is 31.6 Å². The Morgan fingerprint density at radius 1 is 1.35 bits per heavy atom. The van der Waals surface area contributed by atoms with Gasteiger partial charge in [-0.05, 0) is 43.2 Å². The van der Waals surface area contributed by atoms with Crippen molar-refractivity contribution >= 4 is 21.6 Å². The molecule has 31 heavy (non-hydrogen) atoms. The predicted molar refractivity (Wildman–Crippen MR) is 117 cm³/mol. The van der Waals surface area contributed by atoms with Crippen LogP contribution in [0.25, 0.3) is 0 Å². The number of hydrogen-bond acceptors (Lipinski definition) is 5. The van der Waals surface area contributed by atoms with E-state index in [1.807, 2.05) is 6.92 Å². The number of hydrogen-bond donors (Lipinski definition) is 2. The van der Waals surface area contributed by atoms with Crippen LogP contribution in [0.5, 0.6) is 5.88 Å². The Bertz CT molecular complexity index is 1210. The largest absolute Gasteiger partial charge is 0.477 e. The van der Waals surface area contributed by atoms with Crippen LogP contribution in [0.3, 0.4) is 0 Å². The van der Waals surface area contributed by atoms with Crippen LogP contribution in [0.4, 0.5) is 10.5 Å². The van der Waals surface area contributed by atoms with Gasteiger partial charge in [0.25, 0.3) is 0 Å². The summed E-state index contributed by atoms with van der Waals surface area (Å²) in [6.45, 7) is 7.52. The van der Waals surface area contributed by atoms with Crippen LogP contribution in [0.15, 0.2) is 15.5 Å². The van der Waals surface area contributed by atoms with Gasteiger partial charge in [-0.3, -0.25) is 4.98 Å². The lowest BCUT2D eigenvalue weighted by Crippen LogP contribution is -2.25. The van der Waals surface area contributed by atoms with E-state index in [1.165, 1.54) is 6.20 Å². The van der Waals surface area contributed by atoms with Crippen molar-refractivity contribution in [2.75, 3.05) is 11.9 Å². The van der Waals surface area contributed by atoms with Crippen molar-refractivity contribution in [2.45, 2.75) is 69.7 Å². The maximum Gasteiger partial charge on any atom is 0.354 e. The standard InChI is InChI=1S/C21H28N6O3S/c1-12-10-27-19(30-11-12)16(9-23-27)31(22,29)26-20(28)25-17-13-5-4-6-15(13)24-18-14(17)7-8-21(18,2)3/h9,12H,4-8,10-11H2,1-3H3,(H3,22,24,25,26,28,29). The van der Waals surface area contributed by atoms with Gasteiger partial charge in [0.15, 0.2) is 9.92 Å². The fourth-order valence-corrected chi connectivity index (χ4v) is 5.84. The molecule has 0 bridgehead atoms. The summed E-state index contributed by atoms with van der Waals surface area (Å²) in [5, 5.41) is 13.1. The number of fused-ring (bicyclic) bond motifs is 3. The molecule has 2 aromatic rings. The summed E-state index contributed by atoms with van der Waals surface area (Å²) >= 11 is 0. The summed E-state index contributed by atoms with van der Waals surface area (Å²) in [4.78, 5) is 18.0. The molecule has 5 rings (SSSR count). The minimum absolute atomic E-state index is 0.0310. The third-order valence-corrected chi connectivity index (χ3v) is 7.83. The van der Waals surface area contributed by atoms with Crippen LogP contribution in [0.2, 0.25) is 0 Å². The molecule has 0 saturated carbocycles. The lowest BCUT2D eigenvalue weighted by Gasteiger charge is -2.21. The molecule has 2 aliphatic carbocycles. The highest BCUT2D eigenvalue weighted by atomic mass is 32.2. The van der Waals surface area contributed by atoms with Gasteiger partial charge in [0, 0.05) is 17.0 Å². The molecule has 2 aromatic heterocycles. The molecule has 166 valence electrons. The van der Waals surface area contributed by atoms with Crippen LogP contribution >= 0.6 is 0 Å². The summed E-state index contributed by atoms with van der Waals surface area (Å²) in [5.74, 6) is 0.615. The molecule has 2 unspecified atom stereocenters. The second kappa shape index (κ2) is 7.03.